The topological polar surface area (TPSA) is 124 Å². The maximum atomic E-state index is 14.4. The smallest absolute Gasteiger partial charge is 0.232 e. The number of Topliss-reactive ketones (excluding diaryl/α,β-unsaturated/α-hetero) is 2. The van der Waals surface area contributed by atoms with Crippen LogP contribution in [0.15, 0.2) is 0 Å². The summed E-state index contributed by atoms with van der Waals surface area (Å²) >= 11 is 0. The Kier molecular flexibility index (Phi) is 8.27. The molecule has 0 bridgehead atoms. The Balaban J connectivity index is 1.79. The highest BCUT2D eigenvalue weighted by Crippen LogP contribution is 2.41. The van der Waals surface area contributed by atoms with Gasteiger partial charge in [0.1, 0.15) is 6.04 Å². The molecule has 3 unspecified atom stereocenters. The highest BCUT2D eigenvalue weighted by Gasteiger charge is 2.67. The van der Waals surface area contributed by atoms with Crippen molar-refractivity contribution in [2.75, 3.05) is 73.7 Å². The summed E-state index contributed by atoms with van der Waals surface area (Å²) in [4.78, 5) is 62.4. The van der Waals surface area contributed by atoms with Crippen LogP contribution < -0.4 is 20.0 Å². The third kappa shape index (κ3) is 4.54. The highest BCUT2D eigenvalue weighted by atomic mass is 16.5. The molecule has 4 heterocycles. The van der Waals surface area contributed by atoms with Gasteiger partial charge in [-0.25, -0.2) is 0 Å². The van der Waals surface area contributed by atoms with Gasteiger partial charge in [-0.2, -0.15) is 15.0 Å². The van der Waals surface area contributed by atoms with Gasteiger partial charge in [-0.05, 0) is 41.0 Å². The van der Waals surface area contributed by atoms with Gasteiger partial charge >= 0.3 is 0 Å². The van der Waals surface area contributed by atoms with Crippen molar-refractivity contribution >= 4 is 35.3 Å². The minimum absolute atomic E-state index is 0.264. The minimum Gasteiger partial charge on any atom is -0.375 e. The first-order valence-electron chi connectivity index (χ1n) is 13.6. The van der Waals surface area contributed by atoms with Crippen LogP contribution in [0.25, 0.3) is 0 Å². The van der Waals surface area contributed by atoms with Crippen molar-refractivity contribution in [1.29, 1.82) is 0 Å². The number of aromatic nitrogens is 3. The summed E-state index contributed by atoms with van der Waals surface area (Å²) in [6.45, 7) is 15.1. The maximum absolute atomic E-state index is 14.4. The van der Waals surface area contributed by atoms with Crippen LogP contribution in [0, 0.1) is 0 Å². The number of carbonyl (C=O) groups is 3. The van der Waals surface area contributed by atoms with E-state index in [1.165, 1.54) is 4.90 Å². The molecule has 0 radical (unpaired) electrons. The minimum atomic E-state index is -1.59. The van der Waals surface area contributed by atoms with Gasteiger partial charge in [0.2, 0.25) is 23.8 Å². The average Bonchev–Trinajstić information content (AvgIpc) is 3.41. The SMILES string of the molecule is CCOC1CCN2C(=O)CC(=O)C12C(=O)C1CNCCN1c1nc(N(CC)CC)nc(N(CC)CC)n1. The van der Waals surface area contributed by atoms with Crippen LogP contribution in [0.4, 0.5) is 17.8 Å². The Morgan fingerprint density at radius 2 is 1.62 bits per heavy atom. The number of ketones is 2. The molecule has 1 aromatic rings. The van der Waals surface area contributed by atoms with Gasteiger partial charge in [-0.1, -0.05) is 0 Å². The van der Waals surface area contributed by atoms with Crippen molar-refractivity contribution in [3.05, 3.63) is 0 Å². The largest absolute Gasteiger partial charge is 0.375 e. The summed E-state index contributed by atoms with van der Waals surface area (Å²) in [6.07, 6.45) is -0.454. The zero-order valence-electron chi connectivity index (χ0n) is 22.7. The molecule has 12 heteroatoms. The van der Waals surface area contributed by atoms with Gasteiger partial charge in [-0.15, -0.1) is 0 Å². The molecule has 3 saturated heterocycles. The van der Waals surface area contributed by atoms with E-state index in [2.05, 4.69) is 15.1 Å². The number of hydrogen-bond acceptors (Lipinski definition) is 11. The van der Waals surface area contributed by atoms with Crippen molar-refractivity contribution < 1.29 is 19.1 Å². The monoisotopic (exact) mass is 516 g/mol. The molecule has 0 saturated carbocycles. The van der Waals surface area contributed by atoms with E-state index in [1.54, 1.807) is 0 Å². The Labute approximate surface area is 218 Å². The third-order valence-electron chi connectivity index (χ3n) is 7.78. The van der Waals surface area contributed by atoms with E-state index < -0.39 is 17.7 Å². The molecule has 1 N–H and O–H groups in total. The van der Waals surface area contributed by atoms with Crippen LogP contribution in [0.3, 0.4) is 0 Å². The van der Waals surface area contributed by atoms with E-state index in [9.17, 15) is 14.4 Å². The number of amides is 1. The second kappa shape index (κ2) is 11.3. The second-order valence-corrected chi connectivity index (χ2v) is 9.50. The molecule has 3 aliphatic rings. The van der Waals surface area contributed by atoms with Crippen LogP contribution in [-0.2, 0) is 19.1 Å². The van der Waals surface area contributed by atoms with E-state index in [0.29, 0.717) is 57.1 Å². The normalized spacial score (nSPS) is 25.5. The second-order valence-electron chi connectivity index (χ2n) is 9.50. The van der Waals surface area contributed by atoms with Gasteiger partial charge in [0.05, 0.1) is 12.5 Å². The Morgan fingerprint density at radius 3 is 2.19 bits per heavy atom. The fourth-order valence-electron chi connectivity index (χ4n) is 5.86. The van der Waals surface area contributed by atoms with E-state index in [0.717, 1.165) is 26.2 Å². The first-order chi connectivity index (χ1) is 17.9. The lowest BCUT2D eigenvalue weighted by atomic mass is 9.81. The van der Waals surface area contributed by atoms with Crippen LogP contribution in [0.1, 0.15) is 47.5 Å². The Hall–Kier alpha value is -2.86. The third-order valence-corrected chi connectivity index (χ3v) is 7.78. The summed E-state index contributed by atoms with van der Waals surface area (Å²) in [6, 6.07) is -0.733. The quantitative estimate of drug-likeness (QED) is 0.407. The standard InChI is InChI=1S/C25H40N8O4/c1-6-30(7-2)22-27-23(31(8-3)9-4)29-24(28-22)32-14-12-26-16-17(32)21(36)25-18(34)15-20(35)33(25)13-11-19(25)37-10-5/h17,19,26H,6-16H2,1-5H3. The first-order valence-corrected chi connectivity index (χ1v) is 13.6. The lowest BCUT2D eigenvalue weighted by Gasteiger charge is -2.42. The van der Waals surface area contributed by atoms with Gasteiger partial charge in [0.25, 0.3) is 0 Å². The summed E-state index contributed by atoms with van der Waals surface area (Å²) < 4.78 is 5.92. The van der Waals surface area contributed by atoms with E-state index in [-0.39, 0.29) is 23.9 Å². The predicted molar refractivity (Wildman–Crippen MR) is 140 cm³/mol. The molecule has 4 rings (SSSR count). The molecule has 0 aromatic carbocycles. The van der Waals surface area contributed by atoms with Crippen molar-refractivity contribution in [2.24, 2.45) is 0 Å². The van der Waals surface area contributed by atoms with Crippen molar-refractivity contribution in [1.82, 2.24) is 25.2 Å². The number of carbonyl (C=O) groups excluding carboxylic acids is 3. The number of rotatable bonds is 11. The van der Waals surface area contributed by atoms with Gasteiger partial charge < -0.3 is 29.7 Å². The van der Waals surface area contributed by atoms with Crippen LogP contribution in [0.5, 0.6) is 0 Å². The van der Waals surface area contributed by atoms with Crippen molar-refractivity contribution in [3.8, 4) is 0 Å². The van der Waals surface area contributed by atoms with Crippen molar-refractivity contribution in [2.45, 2.75) is 65.1 Å². The van der Waals surface area contributed by atoms with E-state index in [4.69, 9.17) is 19.7 Å². The van der Waals surface area contributed by atoms with Crippen LogP contribution >= 0.6 is 0 Å². The van der Waals surface area contributed by atoms with Gasteiger partial charge in [-0.3, -0.25) is 14.4 Å². The lowest BCUT2D eigenvalue weighted by molar-refractivity contribution is -0.149. The van der Waals surface area contributed by atoms with Gasteiger partial charge in [0, 0.05) is 59.0 Å². The number of piperazine rings is 1. The Morgan fingerprint density at radius 1 is 1.00 bits per heavy atom. The molecule has 0 spiro atoms. The molecule has 3 fully saturated rings. The maximum Gasteiger partial charge on any atom is 0.232 e. The first kappa shape index (κ1) is 27.2. The summed E-state index contributed by atoms with van der Waals surface area (Å²) in [7, 11) is 0. The number of fused-ring (bicyclic) bond motifs is 1. The number of anilines is 3. The van der Waals surface area contributed by atoms with E-state index >= 15 is 0 Å². The summed E-state index contributed by atoms with van der Waals surface area (Å²) in [5, 5.41) is 3.30. The molecular formula is C25H40N8O4. The molecule has 12 nitrogen and oxygen atoms in total. The molecule has 0 aliphatic carbocycles. The van der Waals surface area contributed by atoms with Gasteiger partial charge in [0.15, 0.2) is 17.1 Å². The predicted octanol–water partition coefficient (Wildman–Crippen LogP) is 0.260. The molecular weight excluding hydrogens is 476 g/mol. The number of hydrogen-bond donors (Lipinski definition) is 1. The fraction of sp³-hybridized carbons (Fsp3) is 0.760. The zero-order valence-corrected chi connectivity index (χ0v) is 22.7. The zero-order chi connectivity index (χ0) is 26.7. The van der Waals surface area contributed by atoms with Crippen LogP contribution in [0.2, 0.25) is 0 Å². The molecule has 3 aliphatic heterocycles. The Bertz CT molecular complexity index is 984. The molecule has 1 amide bonds. The summed E-state index contributed by atoms with van der Waals surface area (Å²) in [5.41, 5.74) is -1.59. The highest BCUT2D eigenvalue weighted by molar-refractivity contribution is 6.25. The summed E-state index contributed by atoms with van der Waals surface area (Å²) in [5.74, 6) is 0.532. The van der Waals surface area contributed by atoms with Crippen LogP contribution in [-0.4, -0.2) is 114 Å². The van der Waals surface area contributed by atoms with Crippen molar-refractivity contribution in [3.63, 3.8) is 0 Å². The fourth-order valence-corrected chi connectivity index (χ4v) is 5.86. The molecule has 3 atom stereocenters. The average molecular weight is 517 g/mol. The number of nitrogens with one attached hydrogen (secondary N) is 1. The number of ether oxygens (including phenoxy) is 1. The molecule has 1 aromatic heterocycles. The molecule has 204 valence electrons. The lowest BCUT2D eigenvalue weighted by Crippen LogP contribution is -2.68. The molecule has 37 heavy (non-hydrogen) atoms. The number of nitrogens with zero attached hydrogens (tertiary/aromatic N) is 7. The van der Waals surface area contributed by atoms with E-state index in [1.807, 2.05) is 39.5 Å².